The number of aliphatic carboxylic acids is 1. The number of nitrogens with one attached hydrogen (secondary N) is 2. The second kappa shape index (κ2) is 11.1. The van der Waals surface area contributed by atoms with Gasteiger partial charge < -0.3 is 24.9 Å². The van der Waals surface area contributed by atoms with E-state index in [1.807, 2.05) is 30.5 Å². The fourth-order valence-corrected chi connectivity index (χ4v) is 4.66. The van der Waals surface area contributed by atoms with Gasteiger partial charge in [-0.25, -0.2) is 4.39 Å². The highest BCUT2D eigenvalue weighted by atomic mass is 79.9. The number of hydrogen-bond acceptors (Lipinski definition) is 4. The number of hydrogen-bond donors (Lipinski definition) is 3. The van der Waals surface area contributed by atoms with Crippen molar-refractivity contribution in [1.82, 2.24) is 10.3 Å². The average Bonchev–Trinajstić information content (AvgIpc) is 3.24. The molecule has 0 aliphatic heterocycles. The Bertz CT molecular complexity index is 1340. The number of aromatic nitrogens is 1. The van der Waals surface area contributed by atoms with Crippen molar-refractivity contribution in [3.8, 4) is 11.5 Å². The van der Waals surface area contributed by atoms with Crippen LogP contribution in [0.15, 0.2) is 65.3 Å². The molecule has 0 bridgehead atoms. The Hall–Kier alpha value is -3.07. The lowest BCUT2D eigenvalue weighted by Crippen LogP contribution is -2.38. The van der Waals surface area contributed by atoms with Crippen molar-refractivity contribution in [2.45, 2.75) is 25.6 Å². The standard InChI is InChI=1S/C26H23BrClFN2O4/c1-34-24-10-15(9-19(27)25(24)35-14-18-20(28)6-4-7-21(18)29)12-30-23(26(32)33)11-16-13-31-22-8-3-2-5-17(16)22/h2-10,13,23,30-31H,11-12,14H2,1H3,(H,32,33)/t23-/m1/s1. The lowest BCUT2D eigenvalue weighted by atomic mass is 10.0. The number of ether oxygens (including phenoxy) is 2. The highest BCUT2D eigenvalue weighted by molar-refractivity contribution is 9.10. The van der Waals surface area contributed by atoms with Crippen molar-refractivity contribution in [3.63, 3.8) is 0 Å². The van der Waals surface area contributed by atoms with Gasteiger partial charge in [-0.3, -0.25) is 4.79 Å². The third-order valence-corrected chi connectivity index (χ3v) is 6.60. The first kappa shape index (κ1) is 25.0. The minimum absolute atomic E-state index is 0.0796. The topological polar surface area (TPSA) is 83.6 Å². The summed E-state index contributed by atoms with van der Waals surface area (Å²) in [5, 5.41) is 14.2. The number of H-pyrrole nitrogens is 1. The predicted octanol–water partition coefficient (Wildman–Crippen LogP) is 6.10. The van der Waals surface area contributed by atoms with Gasteiger partial charge in [0.2, 0.25) is 0 Å². The maximum absolute atomic E-state index is 14.1. The van der Waals surface area contributed by atoms with Gasteiger partial charge in [0.1, 0.15) is 18.5 Å². The second-order valence-corrected chi connectivity index (χ2v) is 9.19. The Labute approximate surface area is 215 Å². The molecule has 0 amide bonds. The van der Waals surface area contributed by atoms with Crippen LogP contribution in [0.3, 0.4) is 0 Å². The van der Waals surface area contributed by atoms with E-state index in [1.54, 1.807) is 18.2 Å². The Morgan fingerprint density at radius 2 is 2.03 bits per heavy atom. The van der Waals surface area contributed by atoms with Gasteiger partial charge in [-0.1, -0.05) is 35.9 Å². The molecule has 1 aromatic heterocycles. The normalized spacial score (nSPS) is 12.0. The van der Waals surface area contributed by atoms with Crippen LogP contribution in [0.1, 0.15) is 16.7 Å². The summed E-state index contributed by atoms with van der Waals surface area (Å²) >= 11 is 9.57. The summed E-state index contributed by atoms with van der Waals surface area (Å²) in [5.74, 6) is -0.581. The van der Waals surface area contributed by atoms with Crippen molar-refractivity contribution >= 4 is 44.4 Å². The van der Waals surface area contributed by atoms with Crippen molar-refractivity contribution in [3.05, 3.63) is 92.8 Å². The van der Waals surface area contributed by atoms with E-state index in [0.717, 1.165) is 22.0 Å². The first-order valence-corrected chi connectivity index (χ1v) is 12.0. The van der Waals surface area contributed by atoms with Gasteiger partial charge >= 0.3 is 5.97 Å². The minimum Gasteiger partial charge on any atom is -0.493 e. The van der Waals surface area contributed by atoms with Crippen LogP contribution in [0.5, 0.6) is 11.5 Å². The lowest BCUT2D eigenvalue weighted by molar-refractivity contribution is -0.139. The summed E-state index contributed by atoms with van der Waals surface area (Å²) in [5.41, 5.74) is 2.92. The Balaban J connectivity index is 1.47. The molecule has 4 rings (SSSR count). The van der Waals surface area contributed by atoms with E-state index in [0.29, 0.717) is 22.4 Å². The van der Waals surface area contributed by atoms with Crippen LogP contribution in [0.4, 0.5) is 4.39 Å². The molecule has 1 heterocycles. The molecule has 0 saturated heterocycles. The van der Waals surface area contributed by atoms with E-state index in [4.69, 9.17) is 21.1 Å². The van der Waals surface area contributed by atoms with E-state index < -0.39 is 17.8 Å². The molecular weight excluding hydrogens is 539 g/mol. The molecule has 0 saturated carbocycles. The number of fused-ring (bicyclic) bond motifs is 1. The monoisotopic (exact) mass is 560 g/mol. The molecule has 0 unspecified atom stereocenters. The van der Waals surface area contributed by atoms with Crippen molar-refractivity contribution in [2.24, 2.45) is 0 Å². The van der Waals surface area contributed by atoms with Crippen LogP contribution in [0.2, 0.25) is 5.02 Å². The van der Waals surface area contributed by atoms with Crippen LogP contribution in [-0.2, 0) is 24.4 Å². The number of benzene rings is 3. The number of carboxylic acids is 1. The van der Waals surface area contributed by atoms with Crippen molar-refractivity contribution < 1.29 is 23.8 Å². The highest BCUT2D eigenvalue weighted by Crippen LogP contribution is 2.38. The van der Waals surface area contributed by atoms with Crippen LogP contribution in [-0.4, -0.2) is 29.2 Å². The largest absolute Gasteiger partial charge is 0.493 e. The third kappa shape index (κ3) is 5.78. The summed E-state index contributed by atoms with van der Waals surface area (Å²) in [4.78, 5) is 15.1. The van der Waals surface area contributed by atoms with Crippen molar-refractivity contribution in [1.29, 1.82) is 0 Å². The number of aromatic amines is 1. The molecule has 0 fully saturated rings. The Morgan fingerprint density at radius 3 is 2.77 bits per heavy atom. The van der Waals surface area contributed by atoms with Gasteiger partial charge in [0.05, 0.1) is 16.6 Å². The zero-order chi connectivity index (χ0) is 24.9. The molecule has 4 aromatic rings. The quantitative estimate of drug-likeness (QED) is 0.218. The van der Waals surface area contributed by atoms with E-state index in [9.17, 15) is 14.3 Å². The first-order valence-electron chi connectivity index (χ1n) is 10.8. The fraction of sp³-hybridized carbons (Fsp3) is 0.192. The van der Waals surface area contributed by atoms with Gasteiger partial charge in [0.15, 0.2) is 11.5 Å². The molecule has 0 aliphatic rings. The molecule has 35 heavy (non-hydrogen) atoms. The molecule has 3 N–H and O–H groups in total. The summed E-state index contributed by atoms with van der Waals surface area (Å²) in [6.07, 6.45) is 2.16. The highest BCUT2D eigenvalue weighted by Gasteiger charge is 2.20. The zero-order valence-corrected chi connectivity index (χ0v) is 21.1. The van der Waals surface area contributed by atoms with Gasteiger partial charge in [-0.15, -0.1) is 0 Å². The lowest BCUT2D eigenvalue weighted by Gasteiger charge is -2.17. The van der Waals surface area contributed by atoms with Gasteiger partial charge in [-0.2, -0.15) is 0 Å². The number of rotatable bonds is 10. The van der Waals surface area contributed by atoms with E-state index in [1.165, 1.54) is 19.2 Å². The van der Waals surface area contributed by atoms with Crippen LogP contribution >= 0.6 is 27.5 Å². The van der Waals surface area contributed by atoms with Crippen LogP contribution in [0, 0.1) is 5.82 Å². The molecular formula is C26H23BrClFN2O4. The van der Waals surface area contributed by atoms with Gasteiger partial charge in [-0.05, 0) is 57.4 Å². The maximum Gasteiger partial charge on any atom is 0.321 e. The number of halogens is 3. The first-order chi connectivity index (χ1) is 16.9. The van der Waals surface area contributed by atoms with Crippen molar-refractivity contribution in [2.75, 3.05) is 7.11 Å². The average molecular weight is 562 g/mol. The SMILES string of the molecule is COc1cc(CN[C@H](Cc2c[nH]c3ccccc23)C(=O)O)cc(Br)c1OCc1c(F)cccc1Cl. The molecule has 0 radical (unpaired) electrons. The number of carboxylic acid groups (broad SMARTS) is 1. The third-order valence-electron chi connectivity index (χ3n) is 5.66. The number of carbonyl (C=O) groups is 1. The summed E-state index contributed by atoms with van der Waals surface area (Å²) in [7, 11) is 1.50. The predicted molar refractivity (Wildman–Crippen MR) is 137 cm³/mol. The Morgan fingerprint density at radius 1 is 1.23 bits per heavy atom. The smallest absolute Gasteiger partial charge is 0.321 e. The summed E-state index contributed by atoms with van der Waals surface area (Å²) in [6.45, 7) is 0.206. The summed E-state index contributed by atoms with van der Waals surface area (Å²) < 4.78 is 26.0. The molecule has 6 nitrogen and oxygen atoms in total. The fourth-order valence-electron chi connectivity index (χ4n) is 3.84. The molecule has 3 aromatic carbocycles. The molecule has 0 aliphatic carbocycles. The maximum atomic E-state index is 14.1. The Kier molecular flexibility index (Phi) is 7.95. The summed E-state index contributed by atoms with van der Waals surface area (Å²) in [6, 6.07) is 15.0. The van der Waals surface area contributed by atoms with Gasteiger partial charge in [0, 0.05) is 35.6 Å². The zero-order valence-electron chi connectivity index (χ0n) is 18.8. The number of methoxy groups -OCH3 is 1. The minimum atomic E-state index is -0.942. The van der Waals surface area contributed by atoms with Crippen LogP contribution in [0.25, 0.3) is 10.9 Å². The molecule has 1 atom stereocenters. The van der Waals surface area contributed by atoms with E-state index in [-0.39, 0.29) is 23.7 Å². The molecule has 9 heteroatoms. The molecule has 0 spiro atoms. The van der Waals surface area contributed by atoms with E-state index in [2.05, 4.69) is 26.2 Å². The van der Waals surface area contributed by atoms with Gasteiger partial charge in [0.25, 0.3) is 0 Å². The second-order valence-electron chi connectivity index (χ2n) is 7.93. The molecule has 182 valence electrons. The number of para-hydroxylation sites is 1. The van der Waals surface area contributed by atoms with Crippen LogP contribution < -0.4 is 14.8 Å². The van der Waals surface area contributed by atoms with E-state index >= 15 is 0 Å².